The number of ether oxygens (including phenoxy) is 1. The molecule has 1 aliphatic rings. The van der Waals surface area contributed by atoms with Gasteiger partial charge in [-0.1, -0.05) is 5.16 Å². The Morgan fingerprint density at radius 3 is 2.61 bits per heavy atom. The van der Waals surface area contributed by atoms with Crippen molar-refractivity contribution in [2.24, 2.45) is 0 Å². The maximum absolute atomic E-state index is 5.73. The largest absolute Gasteiger partial charge is 0.399 e. The van der Waals surface area contributed by atoms with Gasteiger partial charge in [0, 0.05) is 23.5 Å². The zero-order valence-corrected chi connectivity index (χ0v) is 9.80. The molecule has 1 aliphatic heterocycles. The Bertz CT molecular complexity index is 541. The molecule has 18 heavy (non-hydrogen) atoms. The SMILES string of the molecule is Nc1cc(N)cc(-c2nc(C3CCCO3)no2)c1. The molecule has 1 fully saturated rings. The molecule has 2 aromatic rings. The molecule has 6 nitrogen and oxygen atoms in total. The van der Waals surface area contributed by atoms with Crippen LogP contribution in [0.1, 0.15) is 24.8 Å². The Labute approximate surface area is 104 Å². The highest BCUT2D eigenvalue weighted by atomic mass is 16.5. The van der Waals surface area contributed by atoms with Crippen molar-refractivity contribution in [2.75, 3.05) is 18.1 Å². The van der Waals surface area contributed by atoms with Gasteiger partial charge in [0.25, 0.3) is 5.89 Å². The molecule has 4 N–H and O–H groups in total. The quantitative estimate of drug-likeness (QED) is 0.783. The second-order valence-electron chi connectivity index (χ2n) is 4.35. The third-order valence-corrected chi connectivity index (χ3v) is 2.88. The molecule has 2 heterocycles. The van der Waals surface area contributed by atoms with Crippen molar-refractivity contribution >= 4 is 11.4 Å². The first-order chi connectivity index (χ1) is 8.72. The number of hydrogen-bond donors (Lipinski definition) is 2. The Hall–Kier alpha value is -2.08. The van der Waals surface area contributed by atoms with Gasteiger partial charge in [0.05, 0.1) is 0 Å². The molecule has 0 radical (unpaired) electrons. The third-order valence-electron chi connectivity index (χ3n) is 2.88. The number of benzene rings is 1. The fourth-order valence-electron chi connectivity index (χ4n) is 2.06. The molecule has 94 valence electrons. The van der Waals surface area contributed by atoms with Gasteiger partial charge in [-0.15, -0.1) is 0 Å². The van der Waals surface area contributed by atoms with E-state index in [2.05, 4.69) is 10.1 Å². The van der Waals surface area contributed by atoms with E-state index in [4.69, 9.17) is 20.7 Å². The van der Waals surface area contributed by atoms with Crippen LogP contribution < -0.4 is 11.5 Å². The van der Waals surface area contributed by atoms with E-state index in [1.54, 1.807) is 18.2 Å². The minimum atomic E-state index is -0.0547. The van der Waals surface area contributed by atoms with Crippen molar-refractivity contribution in [1.29, 1.82) is 0 Å². The average Bonchev–Trinajstić information content (AvgIpc) is 2.99. The van der Waals surface area contributed by atoms with E-state index < -0.39 is 0 Å². The molecule has 6 heteroatoms. The molecule has 1 saturated heterocycles. The lowest BCUT2D eigenvalue weighted by atomic mass is 10.2. The number of anilines is 2. The molecule has 1 atom stereocenters. The summed E-state index contributed by atoms with van der Waals surface area (Å²) in [7, 11) is 0. The standard InChI is InChI=1S/C12H14N4O2/c13-8-4-7(5-9(14)6-8)12-15-11(16-18-12)10-2-1-3-17-10/h4-6,10H,1-3,13-14H2. The van der Waals surface area contributed by atoms with E-state index in [1.165, 1.54) is 0 Å². The number of aromatic nitrogens is 2. The lowest BCUT2D eigenvalue weighted by Gasteiger charge is -2.01. The average molecular weight is 246 g/mol. The number of rotatable bonds is 2. The van der Waals surface area contributed by atoms with Crippen molar-refractivity contribution < 1.29 is 9.26 Å². The zero-order chi connectivity index (χ0) is 12.5. The zero-order valence-electron chi connectivity index (χ0n) is 9.80. The van der Waals surface area contributed by atoms with Crippen LogP contribution in [0.3, 0.4) is 0 Å². The predicted molar refractivity (Wildman–Crippen MR) is 66.5 cm³/mol. The minimum absolute atomic E-state index is 0.0547. The first-order valence-corrected chi connectivity index (χ1v) is 5.84. The minimum Gasteiger partial charge on any atom is -0.399 e. The van der Waals surface area contributed by atoms with Crippen LogP contribution >= 0.6 is 0 Å². The van der Waals surface area contributed by atoms with Gasteiger partial charge in [0.15, 0.2) is 0 Å². The van der Waals surface area contributed by atoms with Gasteiger partial charge in [-0.05, 0) is 31.0 Å². The number of nitrogens with two attached hydrogens (primary N) is 2. The monoisotopic (exact) mass is 246 g/mol. The molecule has 0 bridgehead atoms. The first-order valence-electron chi connectivity index (χ1n) is 5.84. The van der Waals surface area contributed by atoms with Crippen molar-refractivity contribution in [2.45, 2.75) is 18.9 Å². The summed E-state index contributed by atoms with van der Waals surface area (Å²) in [5.41, 5.74) is 13.3. The van der Waals surface area contributed by atoms with E-state index in [9.17, 15) is 0 Å². The van der Waals surface area contributed by atoms with Crippen LogP contribution in [-0.4, -0.2) is 16.7 Å². The van der Waals surface area contributed by atoms with E-state index >= 15 is 0 Å². The van der Waals surface area contributed by atoms with Gasteiger partial charge in [-0.25, -0.2) is 0 Å². The number of hydrogen-bond acceptors (Lipinski definition) is 6. The van der Waals surface area contributed by atoms with Gasteiger partial charge in [0.1, 0.15) is 6.10 Å². The second-order valence-corrected chi connectivity index (χ2v) is 4.35. The highest BCUT2D eigenvalue weighted by Crippen LogP contribution is 2.29. The van der Waals surface area contributed by atoms with Crippen molar-refractivity contribution in [3.8, 4) is 11.5 Å². The molecule has 0 aliphatic carbocycles. The Morgan fingerprint density at radius 1 is 1.17 bits per heavy atom. The predicted octanol–water partition coefficient (Wildman–Crippen LogP) is 1.75. The van der Waals surface area contributed by atoms with E-state index in [1.807, 2.05) is 0 Å². The third kappa shape index (κ3) is 2.02. The van der Waals surface area contributed by atoms with Gasteiger partial charge in [-0.3, -0.25) is 0 Å². The van der Waals surface area contributed by atoms with Gasteiger partial charge < -0.3 is 20.7 Å². The van der Waals surface area contributed by atoms with Crippen LogP contribution in [-0.2, 0) is 4.74 Å². The van der Waals surface area contributed by atoms with Gasteiger partial charge in [0.2, 0.25) is 5.82 Å². The number of nitrogens with zero attached hydrogens (tertiary/aromatic N) is 2. The fourth-order valence-corrected chi connectivity index (χ4v) is 2.06. The topological polar surface area (TPSA) is 100 Å². The summed E-state index contributed by atoms with van der Waals surface area (Å²) in [6, 6.07) is 5.19. The van der Waals surface area contributed by atoms with Crippen molar-refractivity contribution in [3.63, 3.8) is 0 Å². The lowest BCUT2D eigenvalue weighted by molar-refractivity contribution is 0.103. The smallest absolute Gasteiger partial charge is 0.258 e. The van der Waals surface area contributed by atoms with Crippen molar-refractivity contribution in [3.05, 3.63) is 24.0 Å². The molecule has 1 aromatic heterocycles. The van der Waals surface area contributed by atoms with Crippen LogP contribution in [0.25, 0.3) is 11.5 Å². The summed E-state index contributed by atoms with van der Waals surface area (Å²) < 4.78 is 10.7. The van der Waals surface area contributed by atoms with E-state index in [-0.39, 0.29) is 6.10 Å². The summed E-state index contributed by atoms with van der Waals surface area (Å²) in [4.78, 5) is 4.33. The van der Waals surface area contributed by atoms with Crippen LogP contribution in [0.2, 0.25) is 0 Å². The maximum atomic E-state index is 5.73. The fraction of sp³-hybridized carbons (Fsp3) is 0.333. The molecule has 0 spiro atoms. The summed E-state index contributed by atoms with van der Waals surface area (Å²) in [6.45, 7) is 0.750. The number of nitrogen functional groups attached to an aromatic ring is 2. The Morgan fingerprint density at radius 2 is 1.94 bits per heavy atom. The van der Waals surface area contributed by atoms with Crippen LogP contribution in [0.15, 0.2) is 22.7 Å². The Kier molecular flexibility index (Phi) is 2.64. The summed E-state index contributed by atoms with van der Waals surface area (Å²) in [5.74, 6) is 1.00. The van der Waals surface area contributed by atoms with Crippen LogP contribution in [0.4, 0.5) is 11.4 Å². The normalized spacial score (nSPS) is 19.2. The second kappa shape index (κ2) is 4.30. The molecule has 1 unspecified atom stereocenters. The van der Waals surface area contributed by atoms with E-state index in [0.29, 0.717) is 23.1 Å². The Balaban J connectivity index is 1.92. The van der Waals surface area contributed by atoms with Crippen LogP contribution in [0.5, 0.6) is 0 Å². The highest BCUT2D eigenvalue weighted by molar-refractivity contribution is 5.67. The molecular formula is C12H14N4O2. The van der Waals surface area contributed by atoms with Crippen LogP contribution in [0, 0.1) is 0 Å². The summed E-state index contributed by atoms with van der Waals surface area (Å²) in [5, 5.41) is 3.94. The van der Waals surface area contributed by atoms with Gasteiger partial charge in [-0.2, -0.15) is 4.98 Å². The van der Waals surface area contributed by atoms with Crippen molar-refractivity contribution in [1.82, 2.24) is 10.1 Å². The van der Waals surface area contributed by atoms with E-state index in [0.717, 1.165) is 25.0 Å². The summed E-state index contributed by atoms with van der Waals surface area (Å²) >= 11 is 0. The molecule has 3 rings (SSSR count). The maximum Gasteiger partial charge on any atom is 0.258 e. The first kappa shape index (κ1) is 11.0. The molecule has 0 saturated carbocycles. The lowest BCUT2D eigenvalue weighted by Crippen LogP contribution is -1.98. The summed E-state index contributed by atoms with van der Waals surface area (Å²) in [6.07, 6.45) is 1.90. The molecular weight excluding hydrogens is 232 g/mol. The van der Waals surface area contributed by atoms with Gasteiger partial charge >= 0.3 is 0 Å². The molecule has 0 amide bonds. The molecule has 1 aromatic carbocycles. The highest BCUT2D eigenvalue weighted by Gasteiger charge is 2.23.